The summed E-state index contributed by atoms with van der Waals surface area (Å²) in [6.45, 7) is 10.2. The van der Waals surface area contributed by atoms with Gasteiger partial charge in [-0.2, -0.15) is 0 Å². The van der Waals surface area contributed by atoms with Crippen molar-refractivity contribution in [3.05, 3.63) is 23.3 Å². The first-order valence-corrected chi connectivity index (χ1v) is 26.6. The van der Waals surface area contributed by atoms with Gasteiger partial charge in [-0.05, 0) is 85.0 Å². The lowest BCUT2D eigenvalue weighted by Crippen LogP contribution is -2.67. The van der Waals surface area contributed by atoms with E-state index in [9.17, 15) is 71.5 Å². The molecule has 14 N–H and O–H groups in total. The summed E-state index contributed by atoms with van der Waals surface area (Å²) >= 11 is 0. The van der Waals surface area contributed by atoms with Crippen LogP contribution in [0.4, 0.5) is 0 Å². The molecule has 424 valence electrons. The Hall–Kier alpha value is -1.40. The van der Waals surface area contributed by atoms with E-state index in [2.05, 4.69) is 46.8 Å². The summed E-state index contributed by atoms with van der Waals surface area (Å²) in [5, 5.41) is 153. The summed E-state index contributed by atoms with van der Waals surface area (Å²) in [5.41, 5.74) is -0.147. The highest BCUT2D eigenvalue weighted by Gasteiger charge is 2.69. The van der Waals surface area contributed by atoms with E-state index in [1.54, 1.807) is 0 Å². The smallest absolute Gasteiger partial charge is 0.187 e. The predicted octanol–water partition coefficient (Wildman–Crippen LogP) is -2.42. The molecule has 0 aromatic rings. The van der Waals surface area contributed by atoms with Crippen LogP contribution in [0, 0.1) is 44.3 Å². The first kappa shape index (κ1) is 57.3. The molecule has 22 heteroatoms. The third-order valence-electron chi connectivity index (χ3n) is 20.4. The molecular formula is C52H84O22. The van der Waals surface area contributed by atoms with Crippen LogP contribution in [-0.4, -0.2) is 234 Å². The molecule has 22 nitrogen and oxygen atoms in total. The first-order chi connectivity index (χ1) is 34.8. The van der Waals surface area contributed by atoms with Crippen molar-refractivity contribution in [1.29, 1.82) is 0 Å². The lowest BCUT2D eigenvalue weighted by molar-refractivity contribution is -0.388. The monoisotopic (exact) mass is 1060 g/mol. The number of allylic oxidation sites excluding steroid dienone is 3. The molecule has 3 saturated carbocycles. The molecule has 74 heavy (non-hydrogen) atoms. The minimum atomic E-state index is -1.97. The van der Waals surface area contributed by atoms with E-state index >= 15 is 0 Å². The molecule has 0 amide bonds. The Morgan fingerprint density at radius 3 is 1.78 bits per heavy atom. The summed E-state index contributed by atoms with van der Waals surface area (Å²) in [6, 6.07) is 0. The quantitative estimate of drug-likeness (QED) is 0.0854. The fourth-order valence-electron chi connectivity index (χ4n) is 15.6. The fourth-order valence-corrected chi connectivity index (χ4v) is 15.6. The second kappa shape index (κ2) is 20.9. The van der Waals surface area contributed by atoms with Gasteiger partial charge in [0.25, 0.3) is 0 Å². The summed E-state index contributed by atoms with van der Waals surface area (Å²) in [6.07, 6.45) is -21.3. The highest BCUT2D eigenvalue weighted by molar-refractivity contribution is 5.47. The van der Waals surface area contributed by atoms with Crippen LogP contribution >= 0.6 is 0 Å². The largest absolute Gasteiger partial charge is 0.396 e. The Morgan fingerprint density at radius 1 is 0.568 bits per heavy atom. The van der Waals surface area contributed by atoms with Crippen molar-refractivity contribution in [3.63, 3.8) is 0 Å². The van der Waals surface area contributed by atoms with Gasteiger partial charge in [0.15, 0.2) is 25.2 Å². The van der Waals surface area contributed by atoms with Gasteiger partial charge in [-0.3, -0.25) is 0 Å². The molecule has 0 spiro atoms. The number of hydrogen-bond donors (Lipinski definition) is 14. The fraction of sp³-hybridized carbons (Fsp3) is 0.923. The maximum atomic E-state index is 12.1. The Kier molecular flexibility index (Phi) is 16.2. The average Bonchev–Trinajstić information content (AvgIpc) is 3.64. The molecule has 9 rings (SSSR count). The first-order valence-electron chi connectivity index (χ1n) is 26.6. The van der Waals surface area contributed by atoms with Gasteiger partial charge in [-0.15, -0.1) is 0 Å². The minimum absolute atomic E-state index is 0.0232. The maximum absolute atomic E-state index is 12.1. The van der Waals surface area contributed by atoms with E-state index in [-0.39, 0.29) is 41.3 Å². The van der Waals surface area contributed by atoms with Crippen molar-refractivity contribution in [2.24, 2.45) is 44.3 Å². The van der Waals surface area contributed by atoms with Gasteiger partial charge in [0, 0.05) is 16.2 Å². The lowest BCUT2D eigenvalue weighted by atomic mass is 9.35. The number of hydrogen-bond acceptors (Lipinski definition) is 22. The number of aliphatic hydroxyl groups is 14. The van der Waals surface area contributed by atoms with Crippen molar-refractivity contribution in [2.45, 2.75) is 216 Å². The molecule has 0 radical (unpaired) electrons. The number of ether oxygens (including phenoxy) is 8. The third-order valence-corrected chi connectivity index (χ3v) is 20.4. The van der Waals surface area contributed by atoms with Gasteiger partial charge in [0.1, 0.15) is 85.5 Å². The average molecular weight is 1060 g/mol. The van der Waals surface area contributed by atoms with Crippen molar-refractivity contribution in [2.75, 3.05) is 39.6 Å². The summed E-state index contributed by atoms with van der Waals surface area (Å²) in [7, 11) is 0. The molecule has 9 aliphatic rings. The van der Waals surface area contributed by atoms with Crippen LogP contribution in [0.15, 0.2) is 23.3 Å². The summed E-state index contributed by atoms with van der Waals surface area (Å²) in [4.78, 5) is 0. The topological polar surface area (TPSA) is 357 Å². The van der Waals surface area contributed by atoms with Crippen LogP contribution in [0.1, 0.15) is 92.9 Å². The zero-order chi connectivity index (χ0) is 53.8. The molecule has 27 atom stereocenters. The highest BCUT2D eigenvalue weighted by atomic mass is 16.8. The van der Waals surface area contributed by atoms with Gasteiger partial charge >= 0.3 is 0 Å². The summed E-state index contributed by atoms with van der Waals surface area (Å²) in [5.74, 6) is -0.0540. The molecular weight excluding hydrogens is 977 g/mol. The van der Waals surface area contributed by atoms with Gasteiger partial charge in [0.2, 0.25) is 0 Å². The second-order valence-corrected chi connectivity index (χ2v) is 25.0. The maximum Gasteiger partial charge on any atom is 0.187 e. The SMILES string of the molecule is CC1(C)CC[C@]2(CO)C(=C3C=C[C@@H]4[C@@]5(C)CC[C@H](O[C@H]6O[C@H](CO)[C@@H](O[C@H]7OC[C@H](O[C@H]8O[C@H](CO)[C@H](O)[C@@H]8O)[C@@H](O)[C@@H]7O[C@@H]7O[C@@H](CO)[C@H](O)[C@H](O)[C@@H]7O)[C@H](O)[C@H]6O)[C@](C)(CO)[C@H]5CC[C@@]4(C)[C@]3(C)C[C@H]2O)C1. The number of rotatable bonds is 13. The van der Waals surface area contributed by atoms with Crippen LogP contribution in [0.5, 0.6) is 0 Å². The van der Waals surface area contributed by atoms with Gasteiger partial charge in [-0.25, -0.2) is 0 Å². The van der Waals surface area contributed by atoms with Crippen molar-refractivity contribution in [1.82, 2.24) is 0 Å². The number of aliphatic hydroxyl groups excluding tert-OH is 14. The molecule has 4 aliphatic heterocycles. The molecule has 4 heterocycles. The van der Waals surface area contributed by atoms with Crippen LogP contribution < -0.4 is 0 Å². The van der Waals surface area contributed by atoms with E-state index in [4.69, 9.17) is 37.9 Å². The Balaban J connectivity index is 0.926. The van der Waals surface area contributed by atoms with Crippen LogP contribution in [-0.2, 0) is 37.9 Å². The van der Waals surface area contributed by atoms with Crippen molar-refractivity contribution < 1.29 is 109 Å². The van der Waals surface area contributed by atoms with Crippen molar-refractivity contribution in [3.8, 4) is 0 Å². The zero-order valence-electron chi connectivity index (χ0n) is 43.3. The highest BCUT2D eigenvalue weighted by Crippen LogP contribution is 2.74. The molecule has 4 saturated heterocycles. The molecule has 0 aromatic heterocycles. The van der Waals surface area contributed by atoms with E-state index in [1.165, 1.54) is 11.1 Å². The van der Waals surface area contributed by atoms with E-state index in [0.29, 0.717) is 19.3 Å². The van der Waals surface area contributed by atoms with E-state index in [1.807, 2.05) is 6.92 Å². The van der Waals surface area contributed by atoms with Crippen LogP contribution in [0.25, 0.3) is 0 Å². The minimum Gasteiger partial charge on any atom is -0.396 e. The van der Waals surface area contributed by atoms with Crippen molar-refractivity contribution >= 4 is 0 Å². The van der Waals surface area contributed by atoms with Gasteiger partial charge in [0.05, 0.1) is 51.8 Å². The molecule has 5 aliphatic carbocycles. The third kappa shape index (κ3) is 9.03. The molecule has 0 bridgehead atoms. The zero-order valence-corrected chi connectivity index (χ0v) is 43.3. The summed E-state index contributed by atoms with van der Waals surface area (Å²) < 4.78 is 47.6. The Morgan fingerprint density at radius 2 is 1.15 bits per heavy atom. The van der Waals surface area contributed by atoms with Gasteiger partial charge in [-0.1, -0.05) is 59.3 Å². The normalized spacial score (nSPS) is 54.3. The lowest BCUT2D eigenvalue weighted by Gasteiger charge is -2.70. The van der Waals surface area contributed by atoms with E-state index in [0.717, 1.165) is 32.1 Å². The molecule has 0 unspecified atom stereocenters. The second-order valence-electron chi connectivity index (χ2n) is 25.0. The van der Waals surface area contributed by atoms with Crippen LogP contribution in [0.3, 0.4) is 0 Å². The predicted molar refractivity (Wildman–Crippen MR) is 253 cm³/mol. The molecule has 0 aromatic carbocycles. The van der Waals surface area contributed by atoms with E-state index < -0.39 is 165 Å². The standard InChI is InChI=1S/C52H84O22/c1-47(2)13-14-52(22-57)24(15-47)23-7-8-30-48(3)11-10-32(49(4,21-56)29(48)9-12-50(30,5)51(23,6)16-31(52)58)72-44-40(66)37(63)41(27(19-55)70-44)73-46-42(74-45-39(65)36(62)33(59)25(17-53)69-45)35(61)28(20-67-46)71-43-38(64)34(60)26(18-54)68-43/h7-8,25-46,53-66H,9-22H2,1-6H3/t25-,26+,27+,28-,29-,30+,31+,32-,33-,34-,35+,36-,37+,38-,39-,40+,41+,42-,43+,44+,45-,46+,48-,49+,50+,51+,52-/m0/s1. The molecule has 7 fully saturated rings. The number of fused-ring (bicyclic) bond motifs is 6. The van der Waals surface area contributed by atoms with Crippen LogP contribution in [0.2, 0.25) is 0 Å². The Bertz CT molecular complexity index is 2040. The van der Waals surface area contributed by atoms with Gasteiger partial charge < -0.3 is 109 Å². The Labute approximate surface area is 431 Å².